The first kappa shape index (κ1) is 12.7. The molecule has 0 amide bonds. The van der Waals surface area contributed by atoms with Gasteiger partial charge in [0, 0.05) is 0 Å². The van der Waals surface area contributed by atoms with E-state index < -0.39 is 0 Å². The van der Waals surface area contributed by atoms with Crippen molar-refractivity contribution >= 4 is 0 Å². The molecule has 3 atom stereocenters. The Kier molecular flexibility index (Phi) is 3.91. The van der Waals surface area contributed by atoms with Crippen molar-refractivity contribution in [3.63, 3.8) is 0 Å². The van der Waals surface area contributed by atoms with Crippen LogP contribution in [0.2, 0.25) is 0 Å². The zero-order valence-electron chi connectivity index (χ0n) is 11.7. The highest BCUT2D eigenvalue weighted by Crippen LogP contribution is 2.42. The van der Waals surface area contributed by atoms with Gasteiger partial charge in [0.25, 0.3) is 0 Å². The van der Waals surface area contributed by atoms with Crippen molar-refractivity contribution < 1.29 is 0 Å². The van der Waals surface area contributed by atoms with Gasteiger partial charge >= 0.3 is 0 Å². The summed E-state index contributed by atoms with van der Waals surface area (Å²) in [5.41, 5.74) is 3.19. The van der Waals surface area contributed by atoms with Crippen LogP contribution in [0.25, 0.3) is 0 Å². The quantitative estimate of drug-likeness (QED) is 0.642. The van der Waals surface area contributed by atoms with Crippen molar-refractivity contribution in [2.24, 2.45) is 11.8 Å². The highest BCUT2D eigenvalue weighted by atomic mass is 14.3. The predicted molar refractivity (Wildman–Crippen MR) is 75.5 cm³/mol. The van der Waals surface area contributed by atoms with Crippen molar-refractivity contribution in [1.29, 1.82) is 0 Å². The first-order valence-electron chi connectivity index (χ1n) is 7.18. The van der Waals surface area contributed by atoms with E-state index in [9.17, 15) is 0 Å². The second-order valence-corrected chi connectivity index (χ2v) is 6.29. The topological polar surface area (TPSA) is 0 Å². The molecule has 3 unspecified atom stereocenters. The van der Waals surface area contributed by atoms with Gasteiger partial charge in [-0.15, -0.1) is 0 Å². The lowest BCUT2D eigenvalue weighted by Crippen LogP contribution is -2.21. The van der Waals surface area contributed by atoms with Crippen LogP contribution in [0.5, 0.6) is 0 Å². The maximum Gasteiger partial charge on any atom is -0.0131 e. The summed E-state index contributed by atoms with van der Waals surface area (Å²) in [6.45, 7) is 9.48. The Morgan fingerprint density at radius 1 is 1.06 bits per heavy atom. The Balaban J connectivity index is 2.31. The molecule has 1 aliphatic carbocycles. The maximum absolute atomic E-state index is 2.44. The average Bonchev–Trinajstić information content (AvgIpc) is 2.32. The summed E-state index contributed by atoms with van der Waals surface area (Å²) in [4.78, 5) is 0. The van der Waals surface area contributed by atoms with E-state index in [1.807, 2.05) is 0 Å². The van der Waals surface area contributed by atoms with Crippen LogP contribution in [-0.2, 0) is 0 Å². The van der Waals surface area contributed by atoms with E-state index in [0.717, 1.165) is 17.8 Å². The van der Waals surface area contributed by atoms with Crippen LogP contribution in [0.3, 0.4) is 0 Å². The summed E-state index contributed by atoms with van der Waals surface area (Å²) >= 11 is 0. The molecule has 0 aromatic heterocycles. The number of rotatable bonds is 2. The Morgan fingerprint density at radius 3 is 2.47 bits per heavy atom. The van der Waals surface area contributed by atoms with Crippen molar-refractivity contribution in [2.75, 3.05) is 0 Å². The van der Waals surface area contributed by atoms with Crippen LogP contribution < -0.4 is 0 Å². The van der Waals surface area contributed by atoms with Crippen LogP contribution in [0.1, 0.15) is 69.9 Å². The SMILES string of the molecule is CC1CCC(C)C(c2ccccc2C(C)C)C1. The van der Waals surface area contributed by atoms with Gasteiger partial charge in [0.15, 0.2) is 0 Å². The summed E-state index contributed by atoms with van der Waals surface area (Å²) in [5.74, 6) is 3.19. The van der Waals surface area contributed by atoms with Crippen molar-refractivity contribution in [2.45, 2.75) is 58.8 Å². The molecule has 0 heteroatoms. The van der Waals surface area contributed by atoms with Crippen LogP contribution >= 0.6 is 0 Å². The molecule has 1 aromatic rings. The molecule has 0 heterocycles. The summed E-state index contributed by atoms with van der Waals surface area (Å²) in [6.07, 6.45) is 4.20. The van der Waals surface area contributed by atoms with E-state index >= 15 is 0 Å². The molecule has 1 fully saturated rings. The molecule has 17 heavy (non-hydrogen) atoms. The average molecular weight is 230 g/mol. The fourth-order valence-corrected chi connectivity index (χ4v) is 3.34. The molecule has 1 aliphatic rings. The second kappa shape index (κ2) is 5.25. The normalized spacial score (nSPS) is 29.6. The van der Waals surface area contributed by atoms with Gasteiger partial charge in [0.05, 0.1) is 0 Å². The minimum Gasteiger partial charge on any atom is -0.0625 e. The Hall–Kier alpha value is -0.780. The van der Waals surface area contributed by atoms with Gasteiger partial charge < -0.3 is 0 Å². The van der Waals surface area contributed by atoms with Crippen LogP contribution in [0, 0.1) is 11.8 Å². The van der Waals surface area contributed by atoms with E-state index in [1.165, 1.54) is 19.3 Å². The molecular weight excluding hydrogens is 204 g/mol. The first-order chi connectivity index (χ1) is 8.09. The highest BCUT2D eigenvalue weighted by Gasteiger charge is 2.28. The van der Waals surface area contributed by atoms with Crippen LogP contribution in [-0.4, -0.2) is 0 Å². The fourth-order valence-electron chi connectivity index (χ4n) is 3.34. The first-order valence-corrected chi connectivity index (χ1v) is 7.18. The smallest absolute Gasteiger partial charge is 0.0131 e. The van der Waals surface area contributed by atoms with E-state index in [1.54, 1.807) is 11.1 Å². The second-order valence-electron chi connectivity index (χ2n) is 6.29. The lowest BCUT2D eigenvalue weighted by Gasteiger charge is -2.34. The van der Waals surface area contributed by atoms with E-state index in [-0.39, 0.29) is 0 Å². The molecule has 0 saturated heterocycles. The number of benzene rings is 1. The van der Waals surface area contributed by atoms with Crippen molar-refractivity contribution in [3.05, 3.63) is 35.4 Å². The molecule has 0 radical (unpaired) electrons. The van der Waals surface area contributed by atoms with Crippen LogP contribution in [0.15, 0.2) is 24.3 Å². The molecule has 94 valence electrons. The van der Waals surface area contributed by atoms with Gasteiger partial charge in [-0.3, -0.25) is 0 Å². The fraction of sp³-hybridized carbons (Fsp3) is 0.647. The van der Waals surface area contributed by atoms with Crippen molar-refractivity contribution in [1.82, 2.24) is 0 Å². The molecule has 0 bridgehead atoms. The molecule has 2 rings (SSSR count). The minimum absolute atomic E-state index is 0.649. The lowest BCUT2D eigenvalue weighted by molar-refractivity contribution is 0.263. The van der Waals surface area contributed by atoms with E-state index in [4.69, 9.17) is 0 Å². The number of hydrogen-bond acceptors (Lipinski definition) is 0. The molecule has 1 aromatic carbocycles. The van der Waals surface area contributed by atoms with Gasteiger partial charge in [-0.25, -0.2) is 0 Å². The summed E-state index contributed by atoms with van der Waals surface area (Å²) in [7, 11) is 0. The minimum atomic E-state index is 0.649. The zero-order chi connectivity index (χ0) is 12.4. The molecule has 0 aliphatic heterocycles. The summed E-state index contributed by atoms with van der Waals surface area (Å²) < 4.78 is 0. The zero-order valence-corrected chi connectivity index (χ0v) is 11.7. The standard InChI is InChI=1S/C17H26/c1-12(2)15-7-5-6-8-16(15)17-11-13(3)9-10-14(17)4/h5-8,12-14,17H,9-11H2,1-4H3. The summed E-state index contributed by atoms with van der Waals surface area (Å²) in [5, 5.41) is 0. The molecular formula is C17H26. The highest BCUT2D eigenvalue weighted by molar-refractivity contribution is 5.33. The van der Waals surface area contributed by atoms with Gasteiger partial charge in [0.1, 0.15) is 0 Å². The Morgan fingerprint density at radius 2 is 1.76 bits per heavy atom. The Bertz CT molecular complexity index is 364. The van der Waals surface area contributed by atoms with Crippen molar-refractivity contribution in [3.8, 4) is 0 Å². The van der Waals surface area contributed by atoms with Gasteiger partial charge in [0.2, 0.25) is 0 Å². The third kappa shape index (κ3) is 2.73. The molecule has 1 saturated carbocycles. The summed E-state index contributed by atoms with van der Waals surface area (Å²) in [6, 6.07) is 9.10. The maximum atomic E-state index is 2.44. The third-order valence-corrected chi connectivity index (χ3v) is 4.48. The van der Waals surface area contributed by atoms with E-state index in [2.05, 4.69) is 52.0 Å². The van der Waals surface area contributed by atoms with Gasteiger partial charge in [-0.05, 0) is 47.6 Å². The third-order valence-electron chi connectivity index (χ3n) is 4.48. The van der Waals surface area contributed by atoms with Crippen LogP contribution in [0.4, 0.5) is 0 Å². The molecule has 0 nitrogen and oxygen atoms in total. The van der Waals surface area contributed by atoms with Gasteiger partial charge in [-0.1, -0.05) is 58.4 Å². The van der Waals surface area contributed by atoms with E-state index in [0.29, 0.717) is 5.92 Å². The Labute approximate surface area is 106 Å². The lowest BCUT2D eigenvalue weighted by atomic mass is 9.71. The predicted octanol–water partition coefficient (Wildman–Crippen LogP) is 5.35. The van der Waals surface area contributed by atoms with Gasteiger partial charge in [-0.2, -0.15) is 0 Å². The molecule has 0 spiro atoms. The monoisotopic (exact) mass is 230 g/mol. The number of hydrogen-bond donors (Lipinski definition) is 0. The molecule has 0 N–H and O–H groups in total. The largest absolute Gasteiger partial charge is 0.0625 e.